The van der Waals surface area contributed by atoms with E-state index < -0.39 is 0 Å². The summed E-state index contributed by atoms with van der Waals surface area (Å²) in [4.78, 5) is 13.4. The number of rotatable bonds is 0. The zero-order valence-electron chi connectivity index (χ0n) is 11.4. The van der Waals surface area contributed by atoms with Gasteiger partial charge in [-0.25, -0.2) is 4.79 Å². The molecule has 1 unspecified atom stereocenters. The molecule has 4 heteroatoms. The Morgan fingerprint density at radius 1 is 1.19 bits per heavy atom. The number of nitrogens with one attached hydrogen (secondary N) is 2. The summed E-state index contributed by atoms with van der Waals surface area (Å²) in [6.07, 6.45) is 2.15. The van der Waals surface area contributed by atoms with Crippen LogP contribution in [-0.2, 0) is 0 Å². The second-order valence-corrected chi connectivity index (χ2v) is 3.90. The number of amides is 2. The summed E-state index contributed by atoms with van der Waals surface area (Å²) < 4.78 is 0. The van der Waals surface area contributed by atoms with Crippen molar-refractivity contribution in [1.82, 2.24) is 15.5 Å². The summed E-state index contributed by atoms with van der Waals surface area (Å²) in [6.45, 7) is 10.9. The van der Waals surface area contributed by atoms with E-state index in [2.05, 4.69) is 22.6 Å². The highest BCUT2D eigenvalue weighted by Crippen LogP contribution is 2.24. The summed E-state index contributed by atoms with van der Waals surface area (Å²) >= 11 is 0. The van der Waals surface area contributed by atoms with E-state index in [0.717, 1.165) is 32.5 Å². The number of hydrogen-bond acceptors (Lipinski definition) is 2. The van der Waals surface area contributed by atoms with Gasteiger partial charge in [-0.3, -0.25) is 0 Å². The second-order valence-electron chi connectivity index (χ2n) is 3.90. The Hall–Kier alpha value is -0.770. The second kappa shape index (κ2) is 7.49. The molecule has 2 rings (SSSR count). The van der Waals surface area contributed by atoms with Crippen molar-refractivity contribution in [3.8, 4) is 0 Å². The van der Waals surface area contributed by atoms with E-state index in [1.807, 2.05) is 27.7 Å². The van der Waals surface area contributed by atoms with Crippen molar-refractivity contribution in [3.05, 3.63) is 0 Å². The molecule has 2 saturated heterocycles. The molecule has 4 nitrogen and oxygen atoms in total. The largest absolute Gasteiger partial charge is 0.338 e. The Morgan fingerprint density at radius 3 is 2.25 bits per heavy atom. The normalized spacial score (nSPS) is 28.2. The van der Waals surface area contributed by atoms with E-state index in [0.29, 0.717) is 0 Å². The molecule has 0 radical (unpaired) electrons. The molecule has 2 amide bonds. The number of urea groups is 1. The summed E-state index contributed by atoms with van der Waals surface area (Å²) in [5.74, 6) is 0. The third-order valence-corrected chi connectivity index (χ3v) is 2.81. The molecular formula is C12H27N3O. The summed E-state index contributed by atoms with van der Waals surface area (Å²) in [6, 6.07) is -0.00319. The molecule has 0 bridgehead atoms. The lowest BCUT2D eigenvalue weighted by atomic mass is 9.93. The predicted molar refractivity (Wildman–Crippen MR) is 68.7 cm³/mol. The molecule has 2 aliphatic heterocycles. The van der Waals surface area contributed by atoms with Crippen molar-refractivity contribution in [2.75, 3.05) is 26.7 Å². The average Bonchev–Trinajstić information content (AvgIpc) is 2.65. The minimum Gasteiger partial charge on any atom is -0.338 e. The van der Waals surface area contributed by atoms with Crippen molar-refractivity contribution < 1.29 is 4.79 Å². The van der Waals surface area contributed by atoms with Crippen LogP contribution in [0.25, 0.3) is 0 Å². The van der Waals surface area contributed by atoms with Crippen molar-refractivity contribution in [3.63, 3.8) is 0 Å². The maximum absolute atomic E-state index is 11.1. The molecule has 2 heterocycles. The number of carbonyl (C=O) groups excluding carboxylic acids is 1. The van der Waals surface area contributed by atoms with Gasteiger partial charge in [0.1, 0.15) is 0 Å². The van der Waals surface area contributed by atoms with E-state index in [-0.39, 0.29) is 11.6 Å². The van der Waals surface area contributed by atoms with E-state index >= 15 is 0 Å². The van der Waals surface area contributed by atoms with Gasteiger partial charge in [0, 0.05) is 19.6 Å². The monoisotopic (exact) mass is 229 g/mol. The number of hydrogen-bond donors (Lipinski definition) is 2. The molecule has 0 aromatic heterocycles. The van der Waals surface area contributed by atoms with Gasteiger partial charge in [-0.1, -0.05) is 27.7 Å². The third kappa shape index (κ3) is 4.00. The van der Waals surface area contributed by atoms with Crippen LogP contribution in [0.4, 0.5) is 4.79 Å². The SMILES string of the molecule is CC.CC.CN1CCC2(CCNC(=O)N2)C1. The van der Waals surface area contributed by atoms with Crippen LogP contribution >= 0.6 is 0 Å². The Bertz CT molecular complexity index is 204. The van der Waals surface area contributed by atoms with E-state index in [1.165, 1.54) is 0 Å². The fraction of sp³-hybridized carbons (Fsp3) is 0.917. The van der Waals surface area contributed by atoms with Gasteiger partial charge in [-0.2, -0.15) is 0 Å². The van der Waals surface area contributed by atoms with Crippen molar-refractivity contribution in [2.24, 2.45) is 0 Å². The van der Waals surface area contributed by atoms with Crippen molar-refractivity contribution in [2.45, 2.75) is 46.1 Å². The first-order valence-corrected chi connectivity index (χ1v) is 6.45. The zero-order valence-corrected chi connectivity index (χ0v) is 11.4. The van der Waals surface area contributed by atoms with Gasteiger partial charge in [0.05, 0.1) is 5.54 Å². The first-order chi connectivity index (χ1) is 7.70. The Labute approximate surface area is 99.8 Å². The molecule has 0 aromatic rings. The summed E-state index contributed by atoms with van der Waals surface area (Å²) in [5.41, 5.74) is 0.0804. The number of carbonyl (C=O) groups is 1. The van der Waals surface area contributed by atoms with Crippen LogP contribution in [0.2, 0.25) is 0 Å². The molecule has 2 aliphatic rings. The maximum atomic E-state index is 11.1. The van der Waals surface area contributed by atoms with E-state index in [4.69, 9.17) is 0 Å². The first kappa shape index (κ1) is 15.2. The van der Waals surface area contributed by atoms with E-state index in [9.17, 15) is 4.79 Å². The van der Waals surface area contributed by atoms with Crippen LogP contribution in [0.3, 0.4) is 0 Å². The minimum atomic E-state index is -0.00319. The molecule has 0 aromatic carbocycles. The van der Waals surface area contributed by atoms with Crippen LogP contribution in [0.15, 0.2) is 0 Å². The quantitative estimate of drug-likeness (QED) is 0.665. The molecule has 1 atom stereocenters. The van der Waals surface area contributed by atoms with Crippen LogP contribution in [0.5, 0.6) is 0 Å². The van der Waals surface area contributed by atoms with Gasteiger partial charge in [0.25, 0.3) is 0 Å². The number of likely N-dealkylation sites (N-methyl/N-ethyl adjacent to an activating group) is 1. The highest BCUT2D eigenvalue weighted by molar-refractivity contribution is 5.75. The molecule has 0 aliphatic carbocycles. The summed E-state index contributed by atoms with van der Waals surface area (Å²) in [5, 5.41) is 5.81. The molecule has 0 saturated carbocycles. The lowest BCUT2D eigenvalue weighted by Crippen LogP contribution is -2.59. The Balaban J connectivity index is 0.000000509. The average molecular weight is 229 g/mol. The van der Waals surface area contributed by atoms with Gasteiger partial charge < -0.3 is 15.5 Å². The minimum absolute atomic E-state index is 0.00319. The van der Waals surface area contributed by atoms with Gasteiger partial charge in [-0.05, 0) is 19.9 Å². The van der Waals surface area contributed by atoms with Crippen molar-refractivity contribution in [1.29, 1.82) is 0 Å². The fourth-order valence-corrected chi connectivity index (χ4v) is 2.15. The Morgan fingerprint density at radius 2 is 1.81 bits per heavy atom. The summed E-state index contributed by atoms with van der Waals surface area (Å²) in [7, 11) is 2.10. The predicted octanol–water partition coefficient (Wildman–Crippen LogP) is 1.82. The van der Waals surface area contributed by atoms with Crippen LogP contribution in [0, 0.1) is 0 Å². The van der Waals surface area contributed by atoms with Gasteiger partial charge in [0.15, 0.2) is 0 Å². The molecule has 96 valence electrons. The topological polar surface area (TPSA) is 44.4 Å². The molecule has 1 spiro atoms. The third-order valence-electron chi connectivity index (χ3n) is 2.81. The highest BCUT2D eigenvalue weighted by atomic mass is 16.2. The van der Waals surface area contributed by atoms with Crippen LogP contribution in [0.1, 0.15) is 40.5 Å². The fourth-order valence-electron chi connectivity index (χ4n) is 2.15. The maximum Gasteiger partial charge on any atom is 0.315 e. The number of nitrogens with zero attached hydrogens (tertiary/aromatic N) is 1. The lowest BCUT2D eigenvalue weighted by molar-refractivity contribution is 0.206. The van der Waals surface area contributed by atoms with Gasteiger partial charge >= 0.3 is 6.03 Å². The Kier molecular flexibility index (Phi) is 7.13. The van der Waals surface area contributed by atoms with Crippen LogP contribution in [-0.4, -0.2) is 43.2 Å². The molecular weight excluding hydrogens is 202 g/mol. The van der Waals surface area contributed by atoms with Gasteiger partial charge in [0.2, 0.25) is 0 Å². The first-order valence-electron chi connectivity index (χ1n) is 6.45. The van der Waals surface area contributed by atoms with Gasteiger partial charge in [-0.15, -0.1) is 0 Å². The smallest absolute Gasteiger partial charge is 0.315 e. The molecule has 2 fully saturated rings. The standard InChI is InChI=1S/C8H15N3O.2C2H6/c1-11-5-3-8(6-11)2-4-9-7(12)10-8;2*1-2/h2-6H2,1H3,(H2,9,10,12);2*1-2H3. The van der Waals surface area contributed by atoms with Crippen LogP contribution < -0.4 is 10.6 Å². The van der Waals surface area contributed by atoms with Crippen molar-refractivity contribution >= 4 is 6.03 Å². The van der Waals surface area contributed by atoms with E-state index in [1.54, 1.807) is 0 Å². The number of likely N-dealkylation sites (tertiary alicyclic amines) is 1. The highest BCUT2D eigenvalue weighted by Gasteiger charge is 2.39. The lowest BCUT2D eigenvalue weighted by Gasteiger charge is -2.34. The molecule has 16 heavy (non-hydrogen) atoms. The zero-order chi connectivity index (χ0) is 12.6. The molecule has 2 N–H and O–H groups in total.